The highest BCUT2D eigenvalue weighted by Crippen LogP contribution is 2.32. The predicted octanol–water partition coefficient (Wildman–Crippen LogP) is 3.79. The number of ether oxygens (including phenoxy) is 2. The number of nitrogens with one attached hydrogen (secondary N) is 1. The van der Waals surface area contributed by atoms with Crippen molar-refractivity contribution in [3.8, 4) is 17.2 Å². The summed E-state index contributed by atoms with van der Waals surface area (Å²) in [5.74, 6) is 0.262. The van der Waals surface area contributed by atoms with E-state index in [1.54, 1.807) is 0 Å². The number of nitrogens with zero attached hydrogens (tertiary/aromatic N) is 2. The van der Waals surface area contributed by atoms with Crippen LogP contribution in [0.15, 0.2) is 36.4 Å². The van der Waals surface area contributed by atoms with E-state index in [9.17, 15) is 8.78 Å². The third-order valence-corrected chi connectivity index (χ3v) is 4.65. The summed E-state index contributed by atoms with van der Waals surface area (Å²) in [7, 11) is 0. The Morgan fingerprint density at radius 2 is 1.85 bits per heavy atom. The van der Waals surface area contributed by atoms with E-state index in [1.165, 1.54) is 16.8 Å². The van der Waals surface area contributed by atoms with Crippen LogP contribution in [0.5, 0.6) is 11.5 Å². The first-order chi connectivity index (χ1) is 13.0. The fraction of sp³-hybridized carbons (Fsp3) is 0.250. The topological polar surface area (TPSA) is 48.3 Å². The smallest absolute Gasteiger partial charge is 0.231 e. The van der Waals surface area contributed by atoms with Gasteiger partial charge < -0.3 is 14.8 Å². The van der Waals surface area contributed by atoms with Crippen molar-refractivity contribution in [1.82, 2.24) is 15.1 Å². The number of benzene rings is 2. The third-order valence-electron chi connectivity index (χ3n) is 4.65. The monoisotopic (exact) mass is 371 g/mol. The van der Waals surface area contributed by atoms with Gasteiger partial charge in [0.2, 0.25) is 6.79 Å². The first-order valence-corrected chi connectivity index (χ1v) is 8.62. The van der Waals surface area contributed by atoms with Crippen LogP contribution in [0.1, 0.15) is 22.5 Å². The van der Waals surface area contributed by atoms with E-state index in [2.05, 4.69) is 10.4 Å². The van der Waals surface area contributed by atoms with E-state index in [0.717, 1.165) is 40.1 Å². The van der Waals surface area contributed by atoms with Crippen molar-refractivity contribution < 1.29 is 18.3 Å². The molecule has 2 heterocycles. The van der Waals surface area contributed by atoms with Gasteiger partial charge in [0.1, 0.15) is 11.5 Å². The van der Waals surface area contributed by atoms with E-state index in [-0.39, 0.29) is 12.5 Å². The Labute approximate surface area is 155 Å². The van der Waals surface area contributed by atoms with Crippen molar-refractivity contribution in [2.24, 2.45) is 0 Å². The molecule has 1 aromatic heterocycles. The highest BCUT2D eigenvalue weighted by atomic mass is 19.1. The lowest BCUT2D eigenvalue weighted by molar-refractivity contribution is 0.174. The van der Waals surface area contributed by atoms with Crippen LogP contribution in [0.25, 0.3) is 5.69 Å². The lowest BCUT2D eigenvalue weighted by Crippen LogP contribution is -2.14. The van der Waals surface area contributed by atoms with Crippen molar-refractivity contribution in [2.45, 2.75) is 26.9 Å². The van der Waals surface area contributed by atoms with Gasteiger partial charge in [-0.15, -0.1) is 0 Å². The van der Waals surface area contributed by atoms with Gasteiger partial charge in [-0.25, -0.2) is 13.5 Å². The summed E-state index contributed by atoms with van der Waals surface area (Å²) in [6.45, 7) is 5.23. The summed E-state index contributed by atoms with van der Waals surface area (Å²) in [5, 5.41) is 7.80. The van der Waals surface area contributed by atoms with Crippen molar-refractivity contribution in [3.05, 3.63) is 70.5 Å². The van der Waals surface area contributed by atoms with Crippen LogP contribution in [0, 0.1) is 25.5 Å². The Hall–Kier alpha value is -2.93. The molecular weight excluding hydrogens is 352 g/mol. The highest BCUT2D eigenvalue weighted by Gasteiger charge is 2.16. The van der Waals surface area contributed by atoms with Gasteiger partial charge in [-0.3, -0.25) is 0 Å². The van der Waals surface area contributed by atoms with Gasteiger partial charge in [0.15, 0.2) is 17.3 Å². The third kappa shape index (κ3) is 3.38. The SMILES string of the molecule is Cc1nn(-c2ccc(F)cc2F)c(C)c1CNCc1ccc2c(c1)OCO2. The number of rotatable bonds is 5. The summed E-state index contributed by atoms with van der Waals surface area (Å²) >= 11 is 0. The Morgan fingerprint density at radius 1 is 1.04 bits per heavy atom. The number of aryl methyl sites for hydroxylation is 1. The second kappa shape index (κ2) is 7.00. The molecule has 0 atom stereocenters. The van der Waals surface area contributed by atoms with E-state index in [4.69, 9.17) is 9.47 Å². The molecule has 0 unspecified atom stereocenters. The molecule has 4 rings (SSSR count). The van der Waals surface area contributed by atoms with E-state index in [1.807, 2.05) is 32.0 Å². The zero-order valence-corrected chi connectivity index (χ0v) is 15.1. The number of aromatic nitrogens is 2. The van der Waals surface area contributed by atoms with Crippen LogP contribution < -0.4 is 14.8 Å². The van der Waals surface area contributed by atoms with Gasteiger partial charge >= 0.3 is 0 Å². The number of hydrogen-bond donors (Lipinski definition) is 1. The average molecular weight is 371 g/mol. The molecule has 0 bridgehead atoms. The lowest BCUT2D eigenvalue weighted by Gasteiger charge is -2.08. The first-order valence-electron chi connectivity index (χ1n) is 8.62. The van der Waals surface area contributed by atoms with Crippen LogP contribution in [-0.4, -0.2) is 16.6 Å². The molecule has 0 saturated heterocycles. The summed E-state index contributed by atoms with van der Waals surface area (Å²) in [6, 6.07) is 9.32. The number of hydrogen-bond acceptors (Lipinski definition) is 4. The fourth-order valence-electron chi connectivity index (χ4n) is 3.20. The predicted molar refractivity (Wildman–Crippen MR) is 96.1 cm³/mol. The Bertz CT molecular complexity index is 1000. The largest absolute Gasteiger partial charge is 0.454 e. The zero-order valence-electron chi connectivity index (χ0n) is 15.1. The van der Waals surface area contributed by atoms with Gasteiger partial charge in [0, 0.05) is 30.4 Å². The molecule has 1 N–H and O–H groups in total. The molecule has 3 aromatic rings. The highest BCUT2D eigenvalue weighted by molar-refractivity contribution is 5.44. The van der Waals surface area contributed by atoms with Gasteiger partial charge in [0.05, 0.1) is 5.69 Å². The van der Waals surface area contributed by atoms with Gasteiger partial charge in [-0.1, -0.05) is 6.07 Å². The zero-order chi connectivity index (χ0) is 19.0. The average Bonchev–Trinajstić information content (AvgIpc) is 3.21. The molecule has 1 aliphatic rings. The van der Waals surface area contributed by atoms with Crippen molar-refractivity contribution in [3.63, 3.8) is 0 Å². The summed E-state index contributed by atoms with van der Waals surface area (Å²) in [4.78, 5) is 0. The van der Waals surface area contributed by atoms with E-state index >= 15 is 0 Å². The molecule has 0 fully saturated rings. The van der Waals surface area contributed by atoms with Crippen LogP contribution in [0.3, 0.4) is 0 Å². The summed E-state index contributed by atoms with van der Waals surface area (Å²) in [6.07, 6.45) is 0. The second-order valence-corrected chi connectivity index (χ2v) is 6.45. The second-order valence-electron chi connectivity index (χ2n) is 6.45. The quantitative estimate of drug-likeness (QED) is 0.741. The maximum atomic E-state index is 14.1. The molecule has 0 amide bonds. The molecule has 0 aliphatic carbocycles. The van der Waals surface area contributed by atoms with Gasteiger partial charge in [0.25, 0.3) is 0 Å². The minimum Gasteiger partial charge on any atom is -0.454 e. The maximum Gasteiger partial charge on any atom is 0.231 e. The van der Waals surface area contributed by atoms with Crippen molar-refractivity contribution in [1.29, 1.82) is 0 Å². The minimum absolute atomic E-state index is 0.235. The number of halogens is 2. The maximum absolute atomic E-state index is 14.1. The molecule has 27 heavy (non-hydrogen) atoms. The molecule has 7 heteroatoms. The Balaban J connectivity index is 1.49. The lowest BCUT2D eigenvalue weighted by atomic mass is 10.1. The van der Waals surface area contributed by atoms with Crippen LogP contribution in [0.4, 0.5) is 8.78 Å². The molecular formula is C20H19F2N3O2. The van der Waals surface area contributed by atoms with Crippen LogP contribution in [0.2, 0.25) is 0 Å². The molecule has 0 spiro atoms. The molecule has 1 aliphatic heterocycles. The summed E-state index contributed by atoms with van der Waals surface area (Å²) < 4.78 is 39.5. The minimum atomic E-state index is -0.638. The molecule has 2 aromatic carbocycles. The first kappa shape index (κ1) is 17.5. The fourth-order valence-corrected chi connectivity index (χ4v) is 3.20. The van der Waals surface area contributed by atoms with Crippen molar-refractivity contribution in [2.75, 3.05) is 6.79 Å². The molecule has 140 valence electrons. The van der Waals surface area contributed by atoms with Gasteiger partial charge in [-0.2, -0.15) is 5.10 Å². The van der Waals surface area contributed by atoms with Crippen LogP contribution in [-0.2, 0) is 13.1 Å². The van der Waals surface area contributed by atoms with Gasteiger partial charge in [-0.05, 0) is 43.7 Å². The Kier molecular flexibility index (Phi) is 4.53. The van der Waals surface area contributed by atoms with Crippen molar-refractivity contribution >= 4 is 0 Å². The molecule has 0 radical (unpaired) electrons. The molecule has 0 saturated carbocycles. The van der Waals surface area contributed by atoms with E-state index in [0.29, 0.717) is 13.1 Å². The van der Waals surface area contributed by atoms with E-state index < -0.39 is 11.6 Å². The normalized spacial score (nSPS) is 12.6. The number of fused-ring (bicyclic) bond motifs is 1. The molecule has 5 nitrogen and oxygen atoms in total. The standard InChI is InChI=1S/C20H19F2N3O2/c1-12-16(10-23-9-14-3-6-19-20(7-14)27-11-26-19)13(2)25(24-12)18-5-4-15(21)8-17(18)22/h3-8,23H,9-11H2,1-2H3. The van der Waals surface area contributed by atoms with Crippen LogP contribution >= 0.6 is 0 Å². The summed E-state index contributed by atoms with van der Waals surface area (Å²) in [5.41, 5.74) is 3.91. The Morgan fingerprint density at radius 3 is 2.67 bits per heavy atom.